The lowest BCUT2D eigenvalue weighted by atomic mass is 9.99. The average Bonchev–Trinajstić information content (AvgIpc) is 3.15. The number of methoxy groups -OCH3 is 1. The molecule has 0 spiro atoms. The van der Waals surface area contributed by atoms with Crippen molar-refractivity contribution < 1.29 is 9.53 Å². The highest BCUT2D eigenvalue weighted by Gasteiger charge is 2.39. The molecule has 3 N–H and O–H groups in total. The molecule has 0 amide bonds. The van der Waals surface area contributed by atoms with E-state index in [1.807, 2.05) is 6.07 Å². The Bertz CT molecular complexity index is 553. The van der Waals surface area contributed by atoms with E-state index in [2.05, 4.69) is 19.2 Å². The summed E-state index contributed by atoms with van der Waals surface area (Å²) in [5.74, 6) is 0.0798. The van der Waals surface area contributed by atoms with Crippen molar-refractivity contribution in [2.45, 2.75) is 32.2 Å². The van der Waals surface area contributed by atoms with Crippen LogP contribution in [0.25, 0.3) is 0 Å². The Morgan fingerprint density at radius 1 is 1.58 bits per heavy atom. The Balaban J connectivity index is 2.39. The van der Waals surface area contributed by atoms with Gasteiger partial charge in [-0.15, -0.1) is 11.3 Å². The van der Waals surface area contributed by atoms with Crippen molar-refractivity contribution in [3.8, 4) is 6.07 Å². The topological polar surface area (TPSA) is 88.1 Å². The molecular weight excluding hydrogens is 262 g/mol. The van der Waals surface area contributed by atoms with Gasteiger partial charge in [-0.2, -0.15) is 5.26 Å². The Kier molecular flexibility index (Phi) is 3.42. The van der Waals surface area contributed by atoms with Crippen LogP contribution in [0.1, 0.15) is 41.9 Å². The first-order valence-corrected chi connectivity index (χ1v) is 6.91. The maximum absolute atomic E-state index is 11.8. The van der Waals surface area contributed by atoms with Crippen molar-refractivity contribution in [2.75, 3.05) is 18.2 Å². The smallest absolute Gasteiger partial charge is 0.343 e. The van der Waals surface area contributed by atoms with Crippen LogP contribution in [0, 0.1) is 17.2 Å². The molecule has 0 bridgehead atoms. The van der Waals surface area contributed by atoms with E-state index < -0.39 is 5.97 Å². The second kappa shape index (κ2) is 4.74. The number of nitrogen functional groups attached to an aromatic ring is 1. The van der Waals surface area contributed by atoms with Crippen molar-refractivity contribution in [2.24, 2.45) is 5.92 Å². The molecule has 0 atom stereocenters. The molecule has 1 aromatic heterocycles. The van der Waals surface area contributed by atoms with E-state index >= 15 is 0 Å². The Labute approximate surface area is 116 Å². The van der Waals surface area contributed by atoms with E-state index in [4.69, 9.17) is 15.7 Å². The molecule has 19 heavy (non-hydrogen) atoms. The van der Waals surface area contributed by atoms with Gasteiger partial charge in [-0.25, -0.2) is 4.79 Å². The number of carbonyl (C=O) groups is 1. The molecule has 102 valence electrons. The van der Waals surface area contributed by atoms with Gasteiger partial charge in [-0.3, -0.25) is 0 Å². The molecule has 1 aliphatic carbocycles. The van der Waals surface area contributed by atoms with Crippen LogP contribution in [-0.4, -0.2) is 18.6 Å². The molecule has 0 saturated heterocycles. The summed E-state index contributed by atoms with van der Waals surface area (Å²) < 4.78 is 4.74. The number of nitrogens with two attached hydrogens (primary N) is 1. The van der Waals surface area contributed by atoms with Crippen LogP contribution in [-0.2, 0) is 4.74 Å². The third-order valence-corrected chi connectivity index (χ3v) is 4.50. The third kappa shape index (κ3) is 2.51. The van der Waals surface area contributed by atoms with Crippen molar-refractivity contribution in [3.05, 3.63) is 10.4 Å². The quantitative estimate of drug-likeness (QED) is 0.827. The molecule has 1 aromatic rings. The summed E-state index contributed by atoms with van der Waals surface area (Å²) in [5, 5.41) is 13.0. The van der Waals surface area contributed by atoms with Gasteiger partial charge >= 0.3 is 5.97 Å². The van der Waals surface area contributed by atoms with E-state index in [1.165, 1.54) is 31.3 Å². The van der Waals surface area contributed by atoms with Crippen LogP contribution >= 0.6 is 11.3 Å². The third-order valence-electron chi connectivity index (χ3n) is 3.47. The number of carbonyl (C=O) groups excluding carboxylic acids is 1. The molecular formula is C13H17N3O2S. The molecule has 6 heteroatoms. The summed E-state index contributed by atoms with van der Waals surface area (Å²) >= 11 is 1.20. The summed E-state index contributed by atoms with van der Waals surface area (Å²) in [6, 6.07) is 2.01. The molecule has 2 rings (SSSR count). The molecule has 1 fully saturated rings. The normalized spacial score (nSPS) is 14.8. The van der Waals surface area contributed by atoms with Gasteiger partial charge in [0.2, 0.25) is 0 Å². The van der Waals surface area contributed by atoms with E-state index in [0.29, 0.717) is 15.8 Å². The van der Waals surface area contributed by atoms with Gasteiger partial charge in [-0.1, -0.05) is 0 Å². The first-order chi connectivity index (χ1) is 8.90. The minimum absolute atomic E-state index is 0.118. The van der Waals surface area contributed by atoms with Gasteiger partial charge in [0.1, 0.15) is 21.5 Å². The standard InChI is InChI=1S/C13H17N3O2S/c1-13(2,7-4-5-7)16-11-9(12(17)18-3)10(15)8(6-14)19-11/h7,16H,4-5,15H2,1-3H3. The Morgan fingerprint density at radius 3 is 2.68 bits per heavy atom. The molecule has 0 radical (unpaired) electrons. The van der Waals surface area contributed by atoms with Gasteiger partial charge in [0.05, 0.1) is 12.8 Å². The molecule has 1 saturated carbocycles. The average molecular weight is 279 g/mol. The summed E-state index contributed by atoms with van der Waals surface area (Å²) in [7, 11) is 1.31. The second-order valence-electron chi connectivity index (χ2n) is 5.27. The Morgan fingerprint density at radius 2 is 2.21 bits per heavy atom. The van der Waals surface area contributed by atoms with E-state index in [0.717, 1.165) is 0 Å². The van der Waals surface area contributed by atoms with Crippen molar-refractivity contribution in [1.29, 1.82) is 5.26 Å². The number of nitrogens with zero attached hydrogens (tertiary/aromatic N) is 1. The molecule has 1 aliphatic rings. The zero-order chi connectivity index (χ0) is 14.2. The fourth-order valence-electron chi connectivity index (χ4n) is 2.12. The first-order valence-electron chi connectivity index (χ1n) is 6.09. The number of nitriles is 1. The maximum atomic E-state index is 11.8. The largest absolute Gasteiger partial charge is 0.465 e. The van der Waals surface area contributed by atoms with Crippen LogP contribution in [0.4, 0.5) is 10.7 Å². The summed E-state index contributed by atoms with van der Waals surface area (Å²) in [5.41, 5.74) is 6.21. The van der Waals surface area contributed by atoms with Gasteiger partial charge in [0.15, 0.2) is 0 Å². The van der Waals surface area contributed by atoms with Crippen molar-refractivity contribution >= 4 is 28.0 Å². The highest BCUT2D eigenvalue weighted by Crippen LogP contribution is 2.44. The fraction of sp³-hybridized carbons (Fsp3) is 0.538. The van der Waals surface area contributed by atoms with Crippen LogP contribution in [0.3, 0.4) is 0 Å². The predicted molar refractivity (Wildman–Crippen MR) is 75.2 cm³/mol. The number of rotatable bonds is 4. The number of anilines is 2. The number of hydrogen-bond acceptors (Lipinski definition) is 6. The predicted octanol–water partition coefficient (Wildman–Crippen LogP) is 2.59. The zero-order valence-electron chi connectivity index (χ0n) is 11.2. The Hall–Kier alpha value is -1.74. The number of esters is 1. The van der Waals surface area contributed by atoms with E-state index in [1.54, 1.807) is 0 Å². The van der Waals surface area contributed by atoms with Crippen LogP contribution < -0.4 is 11.1 Å². The second-order valence-corrected chi connectivity index (χ2v) is 6.29. The van der Waals surface area contributed by atoms with Crippen LogP contribution in [0.2, 0.25) is 0 Å². The number of ether oxygens (including phenoxy) is 1. The van der Waals surface area contributed by atoms with Gasteiger partial charge in [0, 0.05) is 5.54 Å². The lowest BCUT2D eigenvalue weighted by Gasteiger charge is -2.27. The fourth-order valence-corrected chi connectivity index (χ4v) is 3.19. The summed E-state index contributed by atoms with van der Waals surface area (Å²) in [6.45, 7) is 4.18. The van der Waals surface area contributed by atoms with Crippen LogP contribution in [0.15, 0.2) is 0 Å². The van der Waals surface area contributed by atoms with E-state index in [9.17, 15) is 4.79 Å². The first kappa shape index (κ1) is 13.7. The van der Waals surface area contributed by atoms with E-state index in [-0.39, 0.29) is 16.8 Å². The maximum Gasteiger partial charge on any atom is 0.343 e. The number of nitrogens with one attached hydrogen (secondary N) is 1. The minimum atomic E-state index is -0.510. The zero-order valence-corrected chi connectivity index (χ0v) is 12.1. The van der Waals surface area contributed by atoms with Gasteiger partial charge < -0.3 is 15.8 Å². The highest BCUT2D eigenvalue weighted by atomic mass is 32.1. The van der Waals surface area contributed by atoms with Crippen molar-refractivity contribution in [3.63, 3.8) is 0 Å². The van der Waals surface area contributed by atoms with Gasteiger partial charge in [-0.05, 0) is 32.6 Å². The summed E-state index contributed by atoms with van der Waals surface area (Å²) in [6.07, 6.45) is 2.36. The molecule has 0 aliphatic heterocycles. The van der Waals surface area contributed by atoms with Crippen LogP contribution in [0.5, 0.6) is 0 Å². The lowest BCUT2D eigenvalue weighted by Crippen LogP contribution is -2.33. The molecule has 1 heterocycles. The number of hydrogen-bond donors (Lipinski definition) is 2. The monoisotopic (exact) mass is 279 g/mol. The minimum Gasteiger partial charge on any atom is -0.465 e. The summed E-state index contributed by atoms with van der Waals surface area (Å²) in [4.78, 5) is 12.2. The SMILES string of the molecule is COC(=O)c1c(NC(C)(C)C2CC2)sc(C#N)c1N. The van der Waals surface area contributed by atoms with Gasteiger partial charge in [0.25, 0.3) is 0 Å². The number of thiophene rings is 1. The molecule has 0 unspecified atom stereocenters. The molecule has 5 nitrogen and oxygen atoms in total. The highest BCUT2D eigenvalue weighted by molar-refractivity contribution is 7.17. The molecule has 0 aromatic carbocycles. The lowest BCUT2D eigenvalue weighted by molar-refractivity contribution is 0.0603. The van der Waals surface area contributed by atoms with Crippen molar-refractivity contribution in [1.82, 2.24) is 0 Å².